The smallest absolute Gasteiger partial charge is 0.124 e. The number of ether oxygens (including phenoxy) is 1. The summed E-state index contributed by atoms with van der Waals surface area (Å²) in [5.41, 5.74) is 12.1. The number of nitrogens with two attached hydrogens (primary N) is 1. The molecule has 0 aliphatic rings. The summed E-state index contributed by atoms with van der Waals surface area (Å²) in [5.74, 6) is 0.968. The minimum Gasteiger partial charge on any atom is -0.496 e. The second kappa shape index (κ2) is 6.10. The van der Waals surface area contributed by atoms with Crippen molar-refractivity contribution in [3.8, 4) is 16.9 Å². The number of methoxy groups -OCH3 is 1. The zero-order valence-electron chi connectivity index (χ0n) is 12.7. The highest BCUT2D eigenvalue weighted by Gasteiger charge is 2.09. The Bertz CT molecular complexity index is 581. The van der Waals surface area contributed by atoms with Crippen LogP contribution in [0.25, 0.3) is 11.1 Å². The SMILES string of the molecule is CCC(N)c1cccc(-c2cc(C)c(OC)c(C)c2)c1. The third kappa shape index (κ3) is 2.86. The van der Waals surface area contributed by atoms with E-state index in [0.29, 0.717) is 0 Å². The van der Waals surface area contributed by atoms with Crippen molar-refractivity contribution in [3.05, 3.63) is 53.1 Å². The van der Waals surface area contributed by atoms with Gasteiger partial charge in [0.05, 0.1) is 7.11 Å². The van der Waals surface area contributed by atoms with Gasteiger partial charge in [-0.15, -0.1) is 0 Å². The van der Waals surface area contributed by atoms with Gasteiger partial charge in [0.1, 0.15) is 5.75 Å². The van der Waals surface area contributed by atoms with Crippen LogP contribution in [0, 0.1) is 13.8 Å². The Labute approximate surface area is 121 Å². The van der Waals surface area contributed by atoms with Crippen LogP contribution in [-0.4, -0.2) is 7.11 Å². The topological polar surface area (TPSA) is 35.2 Å². The second-order valence-electron chi connectivity index (χ2n) is 5.28. The van der Waals surface area contributed by atoms with Crippen LogP contribution >= 0.6 is 0 Å². The molecule has 2 nitrogen and oxygen atoms in total. The molecule has 2 aromatic rings. The predicted molar refractivity (Wildman–Crippen MR) is 85.1 cm³/mol. The molecule has 0 aliphatic carbocycles. The Morgan fingerprint density at radius 1 is 1.05 bits per heavy atom. The van der Waals surface area contributed by atoms with E-state index in [1.54, 1.807) is 7.11 Å². The van der Waals surface area contributed by atoms with E-state index in [1.165, 1.54) is 16.7 Å². The monoisotopic (exact) mass is 269 g/mol. The van der Waals surface area contributed by atoms with Gasteiger partial charge in [-0.2, -0.15) is 0 Å². The maximum absolute atomic E-state index is 6.13. The Kier molecular flexibility index (Phi) is 4.46. The van der Waals surface area contributed by atoms with E-state index < -0.39 is 0 Å². The molecule has 1 unspecified atom stereocenters. The standard InChI is InChI=1S/C18H23NO/c1-5-17(19)15-8-6-7-14(11-15)16-9-12(2)18(20-4)13(3)10-16/h6-11,17H,5,19H2,1-4H3. The van der Waals surface area contributed by atoms with Crippen LogP contribution in [0.5, 0.6) is 5.75 Å². The first kappa shape index (κ1) is 14.6. The van der Waals surface area contributed by atoms with Crippen LogP contribution in [-0.2, 0) is 0 Å². The van der Waals surface area contributed by atoms with Crippen molar-refractivity contribution >= 4 is 0 Å². The molecule has 0 aromatic heterocycles. The van der Waals surface area contributed by atoms with Crippen molar-refractivity contribution in [3.63, 3.8) is 0 Å². The van der Waals surface area contributed by atoms with Crippen molar-refractivity contribution < 1.29 is 4.74 Å². The summed E-state index contributed by atoms with van der Waals surface area (Å²) in [6.45, 7) is 6.27. The molecular weight excluding hydrogens is 246 g/mol. The molecule has 0 fully saturated rings. The highest BCUT2D eigenvalue weighted by Crippen LogP contribution is 2.31. The lowest BCUT2D eigenvalue weighted by Crippen LogP contribution is -2.08. The number of hydrogen-bond acceptors (Lipinski definition) is 2. The van der Waals surface area contributed by atoms with Crippen LogP contribution in [0.1, 0.15) is 36.1 Å². The van der Waals surface area contributed by atoms with Crippen molar-refractivity contribution in [1.29, 1.82) is 0 Å². The van der Waals surface area contributed by atoms with E-state index in [4.69, 9.17) is 10.5 Å². The maximum atomic E-state index is 6.13. The summed E-state index contributed by atoms with van der Waals surface area (Å²) < 4.78 is 5.43. The van der Waals surface area contributed by atoms with Gasteiger partial charge in [0.15, 0.2) is 0 Å². The van der Waals surface area contributed by atoms with Crippen molar-refractivity contribution in [2.24, 2.45) is 5.73 Å². The molecule has 2 heteroatoms. The van der Waals surface area contributed by atoms with E-state index >= 15 is 0 Å². The van der Waals surface area contributed by atoms with Gasteiger partial charge in [-0.05, 0) is 66.3 Å². The highest BCUT2D eigenvalue weighted by atomic mass is 16.5. The van der Waals surface area contributed by atoms with Gasteiger partial charge in [-0.3, -0.25) is 0 Å². The molecule has 0 spiro atoms. The zero-order chi connectivity index (χ0) is 14.7. The fourth-order valence-electron chi connectivity index (χ4n) is 2.62. The molecule has 106 valence electrons. The molecule has 2 aromatic carbocycles. The third-order valence-electron chi connectivity index (χ3n) is 3.75. The minimum atomic E-state index is 0.107. The molecule has 0 saturated carbocycles. The molecule has 2 rings (SSSR count). The fourth-order valence-corrected chi connectivity index (χ4v) is 2.62. The summed E-state index contributed by atoms with van der Waals surface area (Å²) in [5, 5.41) is 0. The number of aryl methyl sites for hydroxylation is 2. The second-order valence-corrected chi connectivity index (χ2v) is 5.28. The quantitative estimate of drug-likeness (QED) is 0.893. The van der Waals surface area contributed by atoms with Gasteiger partial charge < -0.3 is 10.5 Å². The van der Waals surface area contributed by atoms with Gasteiger partial charge in [-0.1, -0.05) is 25.1 Å². The van der Waals surface area contributed by atoms with Crippen LogP contribution in [0.2, 0.25) is 0 Å². The van der Waals surface area contributed by atoms with E-state index in [2.05, 4.69) is 57.2 Å². The Balaban J connectivity index is 2.46. The molecule has 0 heterocycles. The van der Waals surface area contributed by atoms with Gasteiger partial charge in [0, 0.05) is 6.04 Å². The van der Waals surface area contributed by atoms with Gasteiger partial charge in [-0.25, -0.2) is 0 Å². The Hall–Kier alpha value is -1.80. The van der Waals surface area contributed by atoms with Crippen LogP contribution in [0.15, 0.2) is 36.4 Å². The van der Waals surface area contributed by atoms with Crippen LogP contribution < -0.4 is 10.5 Å². The molecule has 0 aliphatic heterocycles. The maximum Gasteiger partial charge on any atom is 0.124 e. The van der Waals surface area contributed by atoms with Gasteiger partial charge in [0.2, 0.25) is 0 Å². The number of rotatable bonds is 4. The summed E-state index contributed by atoms with van der Waals surface area (Å²) >= 11 is 0. The molecule has 1 atom stereocenters. The first-order chi connectivity index (χ1) is 9.56. The summed E-state index contributed by atoms with van der Waals surface area (Å²) in [6.07, 6.45) is 0.949. The minimum absolute atomic E-state index is 0.107. The van der Waals surface area contributed by atoms with Gasteiger partial charge in [0.25, 0.3) is 0 Å². The van der Waals surface area contributed by atoms with Crippen molar-refractivity contribution in [1.82, 2.24) is 0 Å². The van der Waals surface area contributed by atoms with E-state index in [-0.39, 0.29) is 6.04 Å². The highest BCUT2D eigenvalue weighted by molar-refractivity contribution is 5.68. The third-order valence-corrected chi connectivity index (χ3v) is 3.75. The molecule has 0 amide bonds. The zero-order valence-corrected chi connectivity index (χ0v) is 12.7. The van der Waals surface area contributed by atoms with E-state index in [0.717, 1.165) is 23.3 Å². The predicted octanol–water partition coefficient (Wildman–Crippen LogP) is 4.39. The number of hydrogen-bond donors (Lipinski definition) is 1. The lowest BCUT2D eigenvalue weighted by Gasteiger charge is -2.14. The molecule has 0 radical (unpaired) electrons. The number of benzene rings is 2. The fraction of sp³-hybridized carbons (Fsp3) is 0.333. The normalized spacial score (nSPS) is 12.2. The average Bonchev–Trinajstić information content (AvgIpc) is 2.46. The lowest BCUT2D eigenvalue weighted by molar-refractivity contribution is 0.408. The Morgan fingerprint density at radius 3 is 2.25 bits per heavy atom. The molecule has 20 heavy (non-hydrogen) atoms. The van der Waals surface area contributed by atoms with E-state index in [1.807, 2.05) is 0 Å². The van der Waals surface area contributed by atoms with Crippen LogP contribution in [0.3, 0.4) is 0 Å². The molecule has 2 N–H and O–H groups in total. The lowest BCUT2D eigenvalue weighted by atomic mass is 9.96. The van der Waals surface area contributed by atoms with Gasteiger partial charge >= 0.3 is 0 Å². The van der Waals surface area contributed by atoms with Crippen molar-refractivity contribution in [2.45, 2.75) is 33.2 Å². The summed E-state index contributed by atoms with van der Waals surface area (Å²) in [7, 11) is 1.72. The first-order valence-corrected chi connectivity index (χ1v) is 7.08. The summed E-state index contributed by atoms with van der Waals surface area (Å²) in [6, 6.07) is 12.9. The summed E-state index contributed by atoms with van der Waals surface area (Å²) in [4.78, 5) is 0. The largest absolute Gasteiger partial charge is 0.496 e. The Morgan fingerprint density at radius 2 is 1.70 bits per heavy atom. The average molecular weight is 269 g/mol. The molecule has 0 saturated heterocycles. The molecule has 0 bridgehead atoms. The van der Waals surface area contributed by atoms with E-state index in [9.17, 15) is 0 Å². The first-order valence-electron chi connectivity index (χ1n) is 7.08. The molecular formula is C18H23NO. The van der Waals surface area contributed by atoms with Crippen molar-refractivity contribution in [2.75, 3.05) is 7.11 Å². The van der Waals surface area contributed by atoms with Crippen LogP contribution in [0.4, 0.5) is 0 Å².